The van der Waals surface area contributed by atoms with Gasteiger partial charge in [0.05, 0.1) is 19.3 Å². The molecule has 1 unspecified atom stereocenters. The minimum absolute atomic E-state index is 0.240. The van der Waals surface area contributed by atoms with Gasteiger partial charge in [-0.3, -0.25) is 4.68 Å². The van der Waals surface area contributed by atoms with Crippen LogP contribution >= 0.6 is 0 Å². The van der Waals surface area contributed by atoms with E-state index >= 15 is 0 Å². The van der Waals surface area contributed by atoms with Crippen LogP contribution in [0.2, 0.25) is 0 Å². The van der Waals surface area contributed by atoms with Gasteiger partial charge in [0.25, 0.3) is 0 Å². The number of nitrogens with one attached hydrogen (secondary N) is 2. The Hall–Kier alpha value is -1.67. The standard InChI is InChI=1S/C15H29N5O3/c1-15(2,3)23-14(21)17-7-5-6-13(12-22-4)16-8-10-20-11-9-18-19-20/h9,11,13,16H,5-8,10,12H2,1-4H3,(H,17,21). The zero-order valence-corrected chi connectivity index (χ0v) is 14.5. The van der Waals surface area contributed by atoms with Gasteiger partial charge in [-0.1, -0.05) is 5.21 Å². The Morgan fingerprint density at radius 1 is 1.35 bits per heavy atom. The predicted molar refractivity (Wildman–Crippen MR) is 87.2 cm³/mol. The zero-order valence-electron chi connectivity index (χ0n) is 14.5. The van der Waals surface area contributed by atoms with Crippen LogP contribution in [-0.4, -0.2) is 59.5 Å². The number of aromatic nitrogens is 3. The molecule has 0 aromatic carbocycles. The quantitative estimate of drug-likeness (QED) is 0.627. The van der Waals surface area contributed by atoms with Gasteiger partial charge in [-0.05, 0) is 33.6 Å². The van der Waals surface area contributed by atoms with E-state index in [-0.39, 0.29) is 12.1 Å². The van der Waals surface area contributed by atoms with Gasteiger partial charge in [0, 0.05) is 32.4 Å². The molecule has 0 saturated heterocycles. The van der Waals surface area contributed by atoms with Crippen molar-refractivity contribution in [3.05, 3.63) is 12.4 Å². The molecule has 1 aromatic rings. The number of ether oxygens (including phenoxy) is 2. The normalized spacial score (nSPS) is 12.9. The molecule has 0 bridgehead atoms. The van der Waals surface area contributed by atoms with Crippen molar-refractivity contribution in [3.8, 4) is 0 Å². The summed E-state index contributed by atoms with van der Waals surface area (Å²) in [4.78, 5) is 11.5. The molecule has 0 aliphatic heterocycles. The van der Waals surface area contributed by atoms with E-state index in [0.29, 0.717) is 13.2 Å². The number of amides is 1. The van der Waals surface area contributed by atoms with Crippen molar-refractivity contribution in [2.75, 3.05) is 26.8 Å². The maximum Gasteiger partial charge on any atom is 0.407 e. The first kappa shape index (κ1) is 19.4. The van der Waals surface area contributed by atoms with Crippen LogP contribution in [0.15, 0.2) is 12.4 Å². The summed E-state index contributed by atoms with van der Waals surface area (Å²) in [5.41, 5.74) is -0.467. The third-order valence-corrected chi connectivity index (χ3v) is 3.01. The molecule has 0 spiro atoms. The summed E-state index contributed by atoms with van der Waals surface area (Å²) in [5, 5.41) is 13.9. The molecular weight excluding hydrogens is 298 g/mol. The van der Waals surface area contributed by atoms with E-state index in [2.05, 4.69) is 20.9 Å². The smallest absolute Gasteiger partial charge is 0.407 e. The maximum absolute atomic E-state index is 11.5. The van der Waals surface area contributed by atoms with Gasteiger partial charge in [0.15, 0.2) is 0 Å². The maximum atomic E-state index is 11.5. The molecule has 0 saturated carbocycles. The molecule has 1 heterocycles. The fraction of sp³-hybridized carbons (Fsp3) is 0.800. The van der Waals surface area contributed by atoms with E-state index in [4.69, 9.17) is 9.47 Å². The highest BCUT2D eigenvalue weighted by atomic mass is 16.6. The summed E-state index contributed by atoms with van der Waals surface area (Å²) >= 11 is 0. The van der Waals surface area contributed by atoms with E-state index in [1.807, 2.05) is 27.0 Å². The average molecular weight is 327 g/mol. The van der Waals surface area contributed by atoms with Gasteiger partial charge in [0.1, 0.15) is 5.60 Å². The van der Waals surface area contributed by atoms with Crippen LogP contribution in [0.5, 0.6) is 0 Å². The highest BCUT2D eigenvalue weighted by Crippen LogP contribution is 2.06. The number of hydrogen-bond donors (Lipinski definition) is 2. The third kappa shape index (κ3) is 9.85. The average Bonchev–Trinajstić information content (AvgIpc) is 2.94. The van der Waals surface area contributed by atoms with Crippen molar-refractivity contribution in [1.29, 1.82) is 0 Å². The van der Waals surface area contributed by atoms with Crippen molar-refractivity contribution in [2.45, 2.75) is 51.8 Å². The van der Waals surface area contributed by atoms with Gasteiger partial charge in [-0.15, -0.1) is 5.10 Å². The van der Waals surface area contributed by atoms with Gasteiger partial charge in [-0.25, -0.2) is 4.79 Å². The molecule has 1 amide bonds. The Balaban J connectivity index is 2.16. The van der Waals surface area contributed by atoms with E-state index in [1.54, 1.807) is 18.0 Å². The second-order valence-electron chi connectivity index (χ2n) is 6.34. The molecule has 132 valence electrons. The summed E-state index contributed by atoms with van der Waals surface area (Å²) in [6.45, 7) is 8.30. The number of alkyl carbamates (subject to hydrolysis) is 1. The molecule has 23 heavy (non-hydrogen) atoms. The third-order valence-electron chi connectivity index (χ3n) is 3.01. The minimum Gasteiger partial charge on any atom is -0.444 e. The van der Waals surface area contributed by atoms with E-state index < -0.39 is 5.60 Å². The summed E-state index contributed by atoms with van der Waals surface area (Å²) in [7, 11) is 1.69. The lowest BCUT2D eigenvalue weighted by Gasteiger charge is -2.20. The Bertz CT molecular complexity index is 431. The fourth-order valence-electron chi connectivity index (χ4n) is 2.03. The first-order chi connectivity index (χ1) is 10.9. The number of nitrogens with zero attached hydrogens (tertiary/aromatic N) is 3. The Kier molecular flexibility index (Phi) is 8.57. The molecule has 1 aromatic heterocycles. The van der Waals surface area contributed by atoms with Crippen LogP contribution in [0, 0.1) is 0 Å². The molecule has 0 fully saturated rings. The van der Waals surface area contributed by atoms with Gasteiger partial charge in [-0.2, -0.15) is 0 Å². The van der Waals surface area contributed by atoms with Crippen molar-refractivity contribution in [1.82, 2.24) is 25.6 Å². The lowest BCUT2D eigenvalue weighted by molar-refractivity contribution is 0.0526. The number of carbonyl (C=O) groups is 1. The van der Waals surface area contributed by atoms with Crippen molar-refractivity contribution < 1.29 is 14.3 Å². The SMILES string of the molecule is COCC(CCCNC(=O)OC(C)(C)C)NCCn1ccnn1. The monoisotopic (exact) mass is 327 g/mol. The first-order valence-corrected chi connectivity index (χ1v) is 7.94. The molecule has 1 atom stereocenters. The van der Waals surface area contributed by atoms with Crippen LogP contribution in [-0.2, 0) is 16.0 Å². The summed E-state index contributed by atoms with van der Waals surface area (Å²) < 4.78 is 12.2. The lowest BCUT2D eigenvalue weighted by Crippen LogP contribution is -2.37. The number of carbonyl (C=O) groups excluding carboxylic acids is 1. The van der Waals surface area contributed by atoms with Crippen molar-refractivity contribution in [2.24, 2.45) is 0 Å². The molecule has 0 aliphatic carbocycles. The minimum atomic E-state index is -0.467. The van der Waals surface area contributed by atoms with Crippen molar-refractivity contribution >= 4 is 6.09 Å². The van der Waals surface area contributed by atoms with Gasteiger partial charge < -0.3 is 20.1 Å². The van der Waals surface area contributed by atoms with Gasteiger partial charge >= 0.3 is 6.09 Å². The van der Waals surface area contributed by atoms with Gasteiger partial charge in [0.2, 0.25) is 0 Å². The predicted octanol–water partition coefficient (Wildman–Crippen LogP) is 1.19. The lowest BCUT2D eigenvalue weighted by atomic mass is 10.1. The summed E-state index contributed by atoms with van der Waals surface area (Å²) in [6, 6.07) is 0.240. The molecule has 0 radical (unpaired) electrons. The number of rotatable bonds is 10. The Labute approximate surface area is 137 Å². The number of methoxy groups -OCH3 is 1. The molecule has 0 aliphatic rings. The zero-order chi connectivity index (χ0) is 17.1. The van der Waals surface area contributed by atoms with Crippen LogP contribution in [0.25, 0.3) is 0 Å². The van der Waals surface area contributed by atoms with Crippen LogP contribution in [0.3, 0.4) is 0 Å². The van der Waals surface area contributed by atoms with E-state index in [9.17, 15) is 4.79 Å². The number of hydrogen-bond acceptors (Lipinski definition) is 6. The van der Waals surface area contributed by atoms with Crippen LogP contribution in [0.4, 0.5) is 4.79 Å². The van der Waals surface area contributed by atoms with E-state index in [0.717, 1.165) is 25.9 Å². The largest absolute Gasteiger partial charge is 0.444 e. The molecular formula is C15H29N5O3. The highest BCUT2D eigenvalue weighted by Gasteiger charge is 2.15. The fourth-order valence-corrected chi connectivity index (χ4v) is 2.03. The summed E-state index contributed by atoms with van der Waals surface area (Å²) in [5.74, 6) is 0. The second-order valence-corrected chi connectivity index (χ2v) is 6.34. The van der Waals surface area contributed by atoms with E-state index in [1.165, 1.54) is 0 Å². The second kappa shape index (κ2) is 10.2. The van der Waals surface area contributed by atoms with Crippen molar-refractivity contribution in [3.63, 3.8) is 0 Å². The topological polar surface area (TPSA) is 90.3 Å². The Morgan fingerprint density at radius 2 is 2.13 bits per heavy atom. The molecule has 8 nitrogen and oxygen atoms in total. The van der Waals surface area contributed by atoms with Crippen LogP contribution < -0.4 is 10.6 Å². The molecule has 1 rings (SSSR count). The highest BCUT2D eigenvalue weighted by molar-refractivity contribution is 5.67. The molecule has 8 heteroatoms. The molecule has 2 N–H and O–H groups in total. The Morgan fingerprint density at radius 3 is 2.74 bits per heavy atom. The van der Waals surface area contributed by atoms with Crippen LogP contribution in [0.1, 0.15) is 33.6 Å². The first-order valence-electron chi connectivity index (χ1n) is 7.94. The summed E-state index contributed by atoms with van der Waals surface area (Å²) in [6.07, 6.45) is 4.87.